The number of esters is 1. The van der Waals surface area contributed by atoms with Crippen LogP contribution in [0, 0.1) is 5.92 Å². The van der Waals surface area contributed by atoms with E-state index >= 15 is 0 Å². The maximum absolute atomic E-state index is 11.4. The van der Waals surface area contributed by atoms with Crippen molar-refractivity contribution in [2.24, 2.45) is 11.7 Å². The van der Waals surface area contributed by atoms with Crippen LogP contribution in [0.25, 0.3) is 0 Å². The van der Waals surface area contributed by atoms with E-state index in [-0.39, 0.29) is 11.8 Å². The van der Waals surface area contributed by atoms with Crippen molar-refractivity contribution in [2.75, 3.05) is 7.11 Å². The summed E-state index contributed by atoms with van der Waals surface area (Å²) in [4.78, 5) is 11.4. The summed E-state index contributed by atoms with van der Waals surface area (Å²) in [5, 5.41) is 0. The van der Waals surface area contributed by atoms with Crippen LogP contribution in [0.4, 0.5) is 0 Å². The van der Waals surface area contributed by atoms with E-state index in [0.717, 1.165) is 12.8 Å². The molecule has 0 saturated heterocycles. The number of nitrogens with two attached hydrogens (primary N) is 1. The Kier molecular flexibility index (Phi) is 5.02. The van der Waals surface area contributed by atoms with Crippen molar-refractivity contribution < 1.29 is 13.9 Å². The Bertz CT molecular complexity index is 405. The fourth-order valence-electron chi connectivity index (χ4n) is 2.82. The number of ether oxygens (including phenoxy) is 1. The van der Waals surface area contributed by atoms with Crippen molar-refractivity contribution in [3.8, 4) is 0 Å². The van der Waals surface area contributed by atoms with Crippen LogP contribution in [0.3, 0.4) is 0 Å². The summed E-state index contributed by atoms with van der Waals surface area (Å²) in [7, 11) is 1.35. The molecule has 2 rings (SSSR count). The van der Waals surface area contributed by atoms with Gasteiger partial charge in [-0.05, 0) is 30.9 Å². The van der Waals surface area contributed by atoms with Gasteiger partial charge in [0.1, 0.15) is 5.76 Å². The summed E-state index contributed by atoms with van der Waals surface area (Å²) in [5.41, 5.74) is 6.30. The van der Waals surface area contributed by atoms with Crippen molar-refractivity contribution in [1.82, 2.24) is 0 Å². The second-order valence-electron chi connectivity index (χ2n) is 5.32. The molecule has 1 aromatic rings. The molecule has 2 N–H and O–H groups in total. The van der Waals surface area contributed by atoms with E-state index in [1.807, 2.05) is 0 Å². The molecule has 106 valence electrons. The highest BCUT2D eigenvalue weighted by atomic mass is 16.5. The lowest BCUT2D eigenvalue weighted by molar-refractivity contribution is 0.0561. The fourth-order valence-corrected chi connectivity index (χ4v) is 2.82. The Hall–Kier alpha value is -1.29. The Morgan fingerprint density at radius 2 is 1.89 bits per heavy atom. The quantitative estimate of drug-likeness (QED) is 0.850. The van der Waals surface area contributed by atoms with Gasteiger partial charge in [0, 0.05) is 0 Å². The zero-order valence-electron chi connectivity index (χ0n) is 11.6. The molecule has 0 spiro atoms. The lowest BCUT2D eigenvalue weighted by atomic mass is 9.85. The molecular formula is C15H23NO3. The van der Waals surface area contributed by atoms with E-state index in [9.17, 15) is 4.79 Å². The molecule has 0 amide bonds. The Balaban J connectivity index is 2.02. The average Bonchev–Trinajstić information content (AvgIpc) is 2.86. The van der Waals surface area contributed by atoms with Gasteiger partial charge in [-0.3, -0.25) is 0 Å². The first-order valence-electron chi connectivity index (χ1n) is 7.16. The topological polar surface area (TPSA) is 65.5 Å². The molecule has 1 saturated carbocycles. The largest absolute Gasteiger partial charge is 0.463 e. The fraction of sp³-hybridized carbons (Fsp3) is 0.667. The van der Waals surface area contributed by atoms with Gasteiger partial charge in [-0.2, -0.15) is 0 Å². The highest BCUT2D eigenvalue weighted by molar-refractivity contribution is 5.86. The first-order valence-corrected chi connectivity index (χ1v) is 7.16. The number of carbonyl (C=O) groups is 1. The predicted octanol–water partition coefficient (Wildman–Crippen LogP) is 3.43. The van der Waals surface area contributed by atoms with Crippen LogP contribution >= 0.6 is 0 Å². The van der Waals surface area contributed by atoms with Crippen LogP contribution in [0.1, 0.15) is 67.3 Å². The van der Waals surface area contributed by atoms with E-state index in [1.165, 1.54) is 39.2 Å². The van der Waals surface area contributed by atoms with Crippen molar-refractivity contribution >= 4 is 5.97 Å². The van der Waals surface area contributed by atoms with Gasteiger partial charge in [-0.1, -0.05) is 32.1 Å². The SMILES string of the molecule is COC(=O)c1ccc(C(N)C2CCCCCCC2)o1. The zero-order chi connectivity index (χ0) is 13.7. The van der Waals surface area contributed by atoms with Crippen LogP contribution in [0.5, 0.6) is 0 Å². The third kappa shape index (κ3) is 3.60. The molecule has 1 unspecified atom stereocenters. The van der Waals surface area contributed by atoms with Gasteiger partial charge in [-0.25, -0.2) is 4.79 Å². The number of carbonyl (C=O) groups excluding carboxylic acids is 1. The molecule has 1 heterocycles. The summed E-state index contributed by atoms with van der Waals surface area (Å²) >= 11 is 0. The van der Waals surface area contributed by atoms with E-state index in [1.54, 1.807) is 12.1 Å². The minimum atomic E-state index is -0.448. The van der Waals surface area contributed by atoms with E-state index < -0.39 is 5.97 Å². The molecule has 4 nitrogen and oxygen atoms in total. The van der Waals surface area contributed by atoms with Crippen LogP contribution in [-0.2, 0) is 4.74 Å². The molecule has 1 fully saturated rings. The Labute approximate surface area is 114 Å². The second kappa shape index (κ2) is 6.75. The van der Waals surface area contributed by atoms with E-state index in [4.69, 9.17) is 10.2 Å². The minimum Gasteiger partial charge on any atom is -0.463 e. The molecule has 1 aliphatic carbocycles. The van der Waals surface area contributed by atoms with Gasteiger partial charge < -0.3 is 14.9 Å². The van der Waals surface area contributed by atoms with E-state index in [0.29, 0.717) is 11.7 Å². The normalized spacial score (nSPS) is 19.5. The van der Waals surface area contributed by atoms with Gasteiger partial charge in [0.2, 0.25) is 5.76 Å². The van der Waals surface area contributed by atoms with Gasteiger partial charge >= 0.3 is 5.97 Å². The molecule has 1 aromatic heterocycles. The molecule has 1 aliphatic rings. The third-order valence-electron chi connectivity index (χ3n) is 4.00. The maximum atomic E-state index is 11.4. The zero-order valence-corrected chi connectivity index (χ0v) is 11.6. The van der Waals surface area contributed by atoms with Crippen LogP contribution in [0.15, 0.2) is 16.5 Å². The average molecular weight is 265 g/mol. The highest BCUT2D eigenvalue weighted by Gasteiger charge is 2.24. The molecule has 1 atom stereocenters. The summed E-state index contributed by atoms with van der Waals surface area (Å²) in [5.74, 6) is 0.942. The first kappa shape index (κ1) is 14.1. The van der Waals surface area contributed by atoms with Crippen molar-refractivity contribution in [2.45, 2.75) is 51.0 Å². The van der Waals surface area contributed by atoms with Crippen molar-refractivity contribution in [3.63, 3.8) is 0 Å². The molecular weight excluding hydrogens is 242 g/mol. The Morgan fingerprint density at radius 3 is 2.53 bits per heavy atom. The van der Waals surface area contributed by atoms with Gasteiger partial charge in [0.05, 0.1) is 13.2 Å². The lowest BCUT2D eigenvalue weighted by Crippen LogP contribution is -2.22. The second-order valence-corrected chi connectivity index (χ2v) is 5.32. The highest BCUT2D eigenvalue weighted by Crippen LogP contribution is 2.32. The molecule has 0 aromatic carbocycles. The third-order valence-corrected chi connectivity index (χ3v) is 4.00. The smallest absolute Gasteiger partial charge is 0.373 e. The summed E-state index contributed by atoms with van der Waals surface area (Å²) in [6.45, 7) is 0. The predicted molar refractivity (Wildman–Crippen MR) is 72.8 cm³/mol. The van der Waals surface area contributed by atoms with Crippen LogP contribution in [0.2, 0.25) is 0 Å². The van der Waals surface area contributed by atoms with Gasteiger partial charge in [-0.15, -0.1) is 0 Å². The first-order chi connectivity index (χ1) is 9.22. The summed E-state index contributed by atoms with van der Waals surface area (Å²) in [6.07, 6.45) is 8.72. The molecule has 0 bridgehead atoms. The van der Waals surface area contributed by atoms with Gasteiger partial charge in [0.15, 0.2) is 0 Å². The minimum absolute atomic E-state index is 0.114. The molecule has 19 heavy (non-hydrogen) atoms. The number of hydrogen-bond donors (Lipinski definition) is 1. The molecule has 0 radical (unpaired) electrons. The number of hydrogen-bond acceptors (Lipinski definition) is 4. The van der Waals surface area contributed by atoms with E-state index in [2.05, 4.69) is 4.74 Å². The lowest BCUT2D eigenvalue weighted by Gasteiger charge is -2.24. The number of methoxy groups -OCH3 is 1. The van der Waals surface area contributed by atoms with Crippen LogP contribution in [-0.4, -0.2) is 13.1 Å². The maximum Gasteiger partial charge on any atom is 0.373 e. The van der Waals surface area contributed by atoms with Crippen molar-refractivity contribution in [3.05, 3.63) is 23.7 Å². The number of rotatable bonds is 3. The Morgan fingerprint density at radius 1 is 1.26 bits per heavy atom. The van der Waals surface area contributed by atoms with Crippen LogP contribution < -0.4 is 5.73 Å². The standard InChI is InChI=1S/C15H23NO3/c1-18-15(17)13-10-9-12(19-13)14(16)11-7-5-3-2-4-6-8-11/h9-11,14H,2-8,16H2,1H3. The summed E-state index contributed by atoms with van der Waals surface area (Å²) in [6, 6.07) is 3.33. The summed E-state index contributed by atoms with van der Waals surface area (Å²) < 4.78 is 10.2. The molecule has 0 aliphatic heterocycles. The van der Waals surface area contributed by atoms with Gasteiger partial charge in [0.25, 0.3) is 0 Å². The monoisotopic (exact) mass is 265 g/mol. The van der Waals surface area contributed by atoms with Crippen molar-refractivity contribution in [1.29, 1.82) is 0 Å². The number of furan rings is 1. The molecule has 4 heteroatoms.